The number of benzene rings is 1. The van der Waals surface area contributed by atoms with Gasteiger partial charge in [0.15, 0.2) is 6.29 Å². The molecule has 18 heavy (non-hydrogen) atoms. The first-order valence-electron chi connectivity index (χ1n) is 5.20. The number of hydrogen-bond acceptors (Lipinski definition) is 2. The van der Waals surface area contributed by atoms with E-state index in [4.69, 9.17) is 0 Å². The highest BCUT2D eigenvalue weighted by atomic mass is 19.1. The Morgan fingerprint density at radius 2 is 1.83 bits per heavy atom. The monoisotopic (exact) mass is 249 g/mol. The summed E-state index contributed by atoms with van der Waals surface area (Å²) in [6, 6.07) is 5.96. The Balaban J connectivity index is 2.40. The van der Waals surface area contributed by atoms with E-state index in [1.54, 1.807) is 0 Å². The lowest BCUT2D eigenvalue weighted by Crippen LogP contribution is -2.23. The summed E-state index contributed by atoms with van der Waals surface area (Å²) in [7, 11) is 0. The molecule has 0 radical (unpaired) electrons. The molecule has 2 rings (SSSR count). The van der Waals surface area contributed by atoms with Crippen LogP contribution in [0.4, 0.5) is 8.78 Å². The van der Waals surface area contributed by atoms with Crippen LogP contribution in [0.2, 0.25) is 0 Å². The molecule has 2 aromatic rings. The largest absolute Gasteiger partial charge is 0.310 e. The van der Waals surface area contributed by atoms with Gasteiger partial charge in [-0.2, -0.15) is 0 Å². The van der Waals surface area contributed by atoms with Crippen LogP contribution < -0.4 is 5.56 Å². The second kappa shape index (κ2) is 4.91. The predicted molar refractivity (Wildman–Crippen MR) is 61.5 cm³/mol. The molecule has 0 amide bonds. The average Bonchev–Trinajstić information content (AvgIpc) is 2.30. The molecule has 5 heteroatoms. The number of aldehydes is 1. The van der Waals surface area contributed by atoms with Gasteiger partial charge >= 0.3 is 0 Å². The molecule has 0 fully saturated rings. The average molecular weight is 249 g/mol. The smallest absolute Gasteiger partial charge is 0.261 e. The fourth-order valence-electron chi connectivity index (χ4n) is 1.67. The van der Waals surface area contributed by atoms with Gasteiger partial charge < -0.3 is 4.57 Å². The van der Waals surface area contributed by atoms with Crippen LogP contribution in [-0.4, -0.2) is 10.9 Å². The zero-order valence-corrected chi connectivity index (χ0v) is 9.27. The van der Waals surface area contributed by atoms with Crippen LogP contribution in [0.5, 0.6) is 0 Å². The molecule has 0 bridgehead atoms. The molecule has 0 aliphatic rings. The van der Waals surface area contributed by atoms with Crippen LogP contribution in [-0.2, 0) is 6.54 Å². The van der Waals surface area contributed by atoms with Gasteiger partial charge in [-0.05, 0) is 29.8 Å². The second-order valence-electron chi connectivity index (χ2n) is 3.79. The van der Waals surface area contributed by atoms with Crippen molar-refractivity contribution in [3.63, 3.8) is 0 Å². The van der Waals surface area contributed by atoms with E-state index in [1.165, 1.54) is 22.9 Å². The summed E-state index contributed by atoms with van der Waals surface area (Å²) in [6.07, 6.45) is 1.91. The molecule has 3 nitrogen and oxygen atoms in total. The van der Waals surface area contributed by atoms with Crippen LogP contribution in [0.1, 0.15) is 15.9 Å². The molecule has 0 N–H and O–H groups in total. The van der Waals surface area contributed by atoms with Gasteiger partial charge in [0.1, 0.15) is 11.6 Å². The fraction of sp³-hybridized carbons (Fsp3) is 0.0769. The minimum atomic E-state index is -0.704. The Kier molecular flexibility index (Phi) is 3.32. The second-order valence-corrected chi connectivity index (χ2v) is 3.79. The zero-order valence-electron chi connectivity index (χ0n) is 9.27. The van der Waals surface area contributed by atoms with Gasteiger partial charge in [0, 0.05) is 12.3 Å². The summed E-state index contributed by atoms with van der Waals surface area (Å²) in [5.41, 5.74) is -0.163. The number of hydrogen-bond donors (Lipinski definition) is 0. The number of rotatable bonds is 3. The third kappa shape index (κ3) is 2.51. The minimum Gasteiger partial charge on any atom is -0.310 e. The molecular weight excluding hydrogens is 240 g/mol. The zero-order chi connectivity index (χ0) is 13.1. The number of pyridine rings is 1. The van der Waals surface area contributed by atoms with Gasteiger partial charge in [-0.3, -0.25) is 9.59 Å². The molecular formula is C13H9F2NO2. The van der Waals surface area contributed by atoms with Gasteiger partial charge in [0.05, 0.1) is 12.1 Å². The van der Waals surface area contributed by atoms with Crippen LogP contribution in [0.15, 0.2) is 41.3 Å². The number of carbonyl (C=O) groups excluding carboxylic acids is 1. The first kappa shape index (κ1) is 12.2. The number of carbonyl (C=O) groups is 1. The summed E-state index contributed by atoms with van der Waals surface area (Å²) in [4.78, 5) is 22.3. The molecule has 1 aromatic carbocycles. The summed E-state index contributed by atoms with van der Waals surface area (Å²) < 4.78 is 27.2. The Hall–Kier alpha value is -2.30. The third-order valence-electron chi connectivity index (χ3n) is 2.45. The van der Waals surface area contributed by atoms with E-state index in [1.807, 2.05) is 0 Å². The molecule has 0 aliphatic carbocycles. The lowest BCUT2D eigenvalue weighted by atomic mass is 10.2. The fourth-order valence-corrected chi connectivity index (χ4v) is 1.67. The molecule has 0 unspecified atom stereocenters. The van der Waals surface area contributed by atoms with Crippen molar-refractivity contribution in [2.75, 3.05) is 0 Å². The Morgan fingerprint density at radius 3 is 2.44 bits per heavy atom. The quantitative estimate of drug-likeness (QED) is 0.780. The Morgan fingerprint density at radius 1 is 1.17 bits per heavy atom. The number of halogens is 2. The predicted octanol–water partition coefficient (Wildman–Crippen LogP) is 1.99. The highest BCUT2D eigenvalue weighted by Crippen LogP contribution is 2.08. The molecule has 1 heterocycles. The maximum atomic E-state index is 13.0. The van der Waals surface area contributed by atoms with Crippen LogP contribution >= 0.6 is 0 Å². The van der Waals surface area contributed by atoms with Crippen molar-refractivity contribution in [1.29, 1.82) is 0 Å². The Labute approximate surface area is 101 Å². The molecule has 0 spiro atoms. The molecule has 92 valence electrons. The van der Waals surface area contributed by atoms with Crippen molar-refractivity contribution in [3.8, 4) is 0 Å². The molecule has 0 atom stereocenters. The minimum absolute atomic E-state index is 0.00868. The number of nitrogens with zero attached hydrogens (tertiary/aromatic N) is 1. The van der Waals surface area contributed by atoms with Crippen LogP contribution in [0, 0.1) is 11.6 Å². The normalized spacial score (nSPS) is 10.3. The topological polar surface area (TPSA) is 39.1 Å². The van der Waals surface area contributed by atoms with E-state index in [0.717, 1.165) is 18.2 Å². The van der Waals surface area contributed by atoms with Gasteiger partial charge in [-0.25, -0.2) is 8.78 Å². The first-order valence-corrected chi connectivity index (χ1v) is 5.20. The van der Waals surface area contributed by atoms with E-state index in [-0.39, 0.29) is 12.1 Å². The SMILES string of the molecule is O=Cc1cccn(Cc2cc(F)cc(F)c2)c1=O. The lowest BCUT2D eigenvalue weighted by molar-refractivity contribution is 0.112. The van der Waals surface area contributed by atoms with Gasteiger partial charge in [0.25, 0.3) is 5.56 Å². The van der Waals surface area contributed by atoms with Crippen molar-refractivity contribution in [2.24, 2.45) is 0 Å². The van der Waals surface area contributed by atoms with Crippen molar-refractivity contribution < 1.29 is 13.6 Å². The lowest BCUT2D eigenvalue weighted by Gasteiger charge is -2.06. The van der Waals surface area contributed by atoms with E-state index in [2.05, 4.69) is 0 Å². The highest BCUT2D eigenvalue weighted by molar-refractivity contribution is 5.73. The van der Waals surface area contributed by atoms with Crippen molar-refractivity contribution in [1.82, 2.24) is 4.57 Å². The molecule has 1 aromatic heterocycles. The van der Waals surface area contributed by atoms with Crippen LogP contribution in [0.25, 0.3) is 0 Å². The maximum Gasteiger partial charge on any atom is 0.261 e. The van der Waals surface area contributed by atoms with E-state index >= 15 is 0 Å². The van der Waals surface area contributed by atoms with Crippen LogP contribution in [0.3, 0.4) is 0 Å². The summed E-state index contributed by atoms with van der Waals surface area (Å²) in [6.45, 7) is 0.00912. The summed E-state index contributed by atoms with van der Waals surface area (Å²) >= 11 is 0. The summed E-state index contributed by atoms with van der Waals surface area (Å²) in [5, 5.41) is 0. The molecule has 0 saturated heterocycles. The van der Waals surface area contributed by atoms with Gasteiger partial charge in [-0.15, -0.1) is 0 Å². The standard InChI is InChI=1S/C13H9F2NO2/c14-11-4-9(5-12(15)6-11)7-16-3-1-2-10(8-17)13(16)18/h1-6,8H,7H2. The van der Waals surface area contributed by atoms with E-state index in [0.29, 0.717) is 11.8 Å². The van der Waals surface area contributed by atoms with Gasteiger partial charge in [-0.1, -0.05) is 0 Å². The van der Waals surface area contributed by atoms with E-state index < -0.39 is 17.2 Å². The molecule has 0 aliphatic heterocycles. The van der Waals surface area contributed by atoms with Crippen molar-refractivity contribution in [3.05, 3.63) is 69.6 Å². The molecule has 0 saturated carbocycles. The first-order chi connectivity index (χ1) is 8.60. The Bertz CT molecular complexity index is 629. The summed E-state index contributed by atoms with van der Waals surface area (Å²) in [5.74, 6) is -1.41. The third-order valence-corrected chi connectivity index (χ3v) is 2.45. The van der Waals surface area contributed by atoms with E-state index in [9.17, 15) is 18.4 Å². The maximum absolute atomic E-state index is 13.0. The highest BCUT2D eigenvalue weighted by Gasteiger charge is 2.05. The van der Waals surface area contributed by atoms with Crippen molar-refractivity contribution in [2.45, 2.75) is 6.54 Å². The van der Waals surface area contributed by atoms with Gasteiger partial charge in [0.2, 0.25) is 0 Å². The number of aromatic nitrogens is 1. The van der Waals surface area contributed by atoms with Crippen molar-refractivity contribution >= 4 is 6.29 Å².